The number of hydrogen-bond acceptors (Lipinski definition) is 7. The SMILES string of the molecule is COc1cncc(OC)c1C1CCCC(C=O)N1Cc1csc(-c2ccccc2)n1. The minimum atomic E-state index is -0.173. The van der Waals surface area contributed by atoms with Crippen LogP contribution < -0.4 is 9.47 Å². The van der Waals surface area contributed by atoms with Gasteiger partial charge in [0.2, 0.25) is 0 Å². The third kappa shape index (κ3) is 4.08. The molecule has 1 aliphatic heterocycles. The molecule has 0 aliphatic carbocycles. The molecule has 4 rings (SSSR count). The summed E-state index contributed by atoms with van der Waals surface area (Å²) >= 11 is 1.63. The van der Waals surface area contributed by atoms with Gasteiger partial charge in [-0.05, 0) is 19.3 Å². The van der Waals surface area contributed by atoms with Gasteiger partial charge >= 0.3 is 0 Å². The number of aromatic nitrogens is 2. The molecule has 3 heterocycles. The van der Waals surface area contributed by atoms with Gasteiger partial charge in [0, 0.05) is 23.5 Å². The maximum atomic E-state index is 11.9. The molecule has 3 aromatic rings. The van der Waals surface area contributed by atoms with Gasteiger partial charge in [-0.1, -0.05) is 30.3 Å². The molecular weight excluding hydrogens is 398 g/mol. The fourth-order valence-electron chi connectivity index (χ4n) is 4.13. The molecule has 0 saturated carbocycles. The van der Waals surface area contributed by atoms with Gasteiger partial charge in [-0.15, -0.1) is 11.3 Å². The van der Waals surface area contributed by atoms with E-state index in [-0.39, 0.29) is 12.1 Å². The molecule has 1 saturated heterocycles. The van der Waals surface area contributed by atoms with Crippen molar-refractivity contribution in [2.24, 2.45) is 0 Å². The van der Waals surface area contributed by atoms with Gasteiger partial charge in [0.25, 0.3) is 0 Å². The number of methoxy groups -OCH3 is 2. The first-order chi connectivity index (χ1) is 14.7. The maximum absolute atomic E-state index is 11.9. The van der Waals surface area contributed by atoms with E-state index in [4.69, 9.17) is 14.5 Å². The highest BCUT2D eigenvalue weighted by Crippen LogP contribution is 2.43. The van der Waals surface area contributed by atoms with Crippen molar-refractivity contribution in [3.63, 3.8) is 0 Å². The first-order valence-corrected chi connectivity index (χ1v) is 10.9. The lowest BCUT2D eigenvalue weighted by Gasteiger charge is -2.40. The molecule has 1 aliphatic rings. The number of nitrogens with zero attached hydrogens (tertiary/aromatic N) is 3. The van der Waals surface area contributed by atoms with Crippen LogP contribution in [0.15, 0.2) is 48.1 Å². The molecule has 0 amide bonds. The predicted octanol–water partition coefficient (Wildman–Crippen LogP) is 4.52. The van der Waals surface area contributed by atoms with Crippen molar-refractivity contribution in [1.29, 1.82) is 0 Å². The number of ether oxygens (including phenoxy) is 2. The summed E-state index contributed by atoms with van der Waals surface area (Å²) in [5.41, 5.74) is 3.01. The highest BCUT2D eigenvalue weighted by molar-refractivity contribution is 7.13. The van der Waals surface area contributed by atoms with Crippen molar-refractivity contribution in [3.8, 4) is 22.1 Å². The molecule has 0 radical (unpaired) electrons. The van der Waals surface area contributed by atoms with E-state index in [0.717, 1.165) is 47.4 Å². The van der Waals surface area contributed by atoms with E-state index < -0.39 is 0 Å². The molecule has 0 bridgehead atoms. The topological polar surface area (TPSA) is 64.6 Å². The van der Waals surface area contributed by atoms with E-state index in [2.05, 4.69) is 27.4 Å². The summed E-state index contributed by atoms with van der Waals surface area (Å²) in [6.45, 7) is 0.589. The molecular formula is C23H25N3O3S. The maximum Gasteiger partial charge on any atom is 0.145 e. The Balaban J connectivity index is 1.67. The van der Waals surface area contributed by atoms with Crippen LogP contribution in [0.4, 0.5) is 0 Å². The Morgan fingerprint density at radius 2 is 1.87 bits per heavy atom. The summed E-state index contributed by atoms with van der Waals surface area (Å²) in [6, 6.07) is 9.97. The Morgan fingerprint density at radius 1 is 1.13 bits per heavy atom. The normalized spacial score (nSPS) is 19.4. The Bertz CT molecular complexity index is 970. The Morgan fingerprint density at radius 3 is 2.53 bits per heavy atom. The van der Waals surface area contributed by atoms with Crippen molar-refractivity contribution >= 4 is 17.6 Å². The quantitative estimate of drug-likeness (QED) is 0.521. The molecule has 6 nitrogen and oxygen atoms in total. The Labute approximate surface area is 180 Å². The Kier molecular flexibility index (Phi) is 6.40. The second kappa shape index (κ2) is 9.36. The number of aldehydes is 1. The molecule has 0 N–H and O–H groups in total. The molecule has 1 aromatic carbocycles. The summed E-state index contributed by atoms with van der Waals surface area (Å²) in [6.07, 6.45) is 7.18. The van der Waals surface area contributed by atoms with Crippen LogP contribution in [0.25, 0.3) is 10.6 Å². The predicted molar refractivity (Wildman–Crippen MR) is 117 cm³/mol. The monoisotopic (exact) mass is 423 g/mol. The largest absolute Gasteiger partial charge is 0.495 e. The summed E-state index contributed by atoms with van der Waals surface area (Å²) < 4.78 is 11.2. The summed E-state index contributed by atoms with van der Waals surface area (Å²) in [5.74, 6) is 1.36. The van der Waals surface area contributed by atoms with Crippen molar-refractivity contribution in [2.75, 3.05) is 14.2 Å². The number of hydrogen-bond donors (Lipinski definition) is 0. The summed E-state index contributed by atoms with van der Waals surface area (Å²) in [7, 11) is 3.27. The molecule has 2 unspecified atom stereocenters. The highest BCUT2D eigenvalue weighted by atomic mass is 32.1. The first kappa shape index (κ1) is 20.5. The molecule has 1 fully saturated rings. The van der Waals surface area contributed by atoms with E-state index in [1.54, 1.807) is 38.0 Å². The van der Waals surface area contributed by atoms with Gasteiger partial charge in [0.15, 0.2) is 0 Å². The van der Waals surface area contributed by atoms with Crippen LogP contribution in [0.1, 0.15) is 36.6 Å². The third-order valence-electron chi connectivity index (χ3n) is 5.57. The second-order valence-electron chi connectivity index (χ2n) is 7.29. The van der Waals surface area contributed by atoms with Crippen molar-refractivity contribution in [2.45, 2.75) is 37.9 Å². The van der Waals surface area contributed by atoms with E-state index >= 15 is 0 Å². The van der Waals surface area contributed by atoms with Gasteiger partial charge in [0.1, 0.15) is 22.8 Å². The summed E-state index contributed by atoms with van der Waals surface area (Å²) in [5, 5.41) is 3.07. The van der Waals surface area contributed by atoms with E-state index in [1.807, 2.05) is 18.2 Å². The lowest BCUT2D eigenvalue weighted by molar-refractivity contribution is -0.115. The minimum absolute atomic E-state index is 0.0104. The fourth-order valence-corrected chi connectivity index (χ4v) is 4.95. The number of rotatable bonds is 7. The van der Waals surface area contributed by atoms with E-state index in [1.165, 1.54) is 0 Å². The molecule has 156 valence electrons. The second-order valence-corrected chi connectivity index (χ2v) is 8.15. The first-order valence-electron chi connectivity index (χ1n) is 10.0. The minimum Gasteiger partial charge on any atom is -0.495 e. The van der Waals surface area contributed by atoms with Gasteiger partial charge < -0.3 is 14.3 Å². The van der Waals surface area contributed by atoms with Crippen LogP contribution in [-0.2, 0) is 11.3 Å². The number of thiazole rings is 1. The van der Waals surface area contributed by atoms with Crippen LogP contribution in [-0.4, -0.2) is 41.4 Å². The van der Waals surface area contributed by atoms with Crippen LogP contribution in [0, 0.1) is 0 Å². The van der Waals surface area contributed by atoms with Crippen molar-refractivity contribution in [3.05, 3.63) is 59.4 Å². The molecule has 7 heteroatoms. The van der Waals surface area contributed by atoms with Crippen LogP contribution >= 0.6 is 11.3 Å². The van der Waals surface area contributed by atoms with Crippen molar-refractivity contribution < 1.29 is 14.3 Å². The molecule has 0 spiro atoms. The Hall–Kier alpha value is -2.77. The van der Waals surface area contributed by atoms with Gasteiger partial charge in [-0.25, -0.2) is 4.98 Å². The smallest absolute Gasteiger partial charge is 0.145 e. The lowest BCUT2D eigenvalue weighted by atomic mass is 9.90. The molecule has 2 aromatic heterocycles. The van der Waals surface area contributed by atoms with E-state index in [9.17, 15) is 4.79 Å². The van der Waals surface area contributed by atoms with E-state index in [0.29, 0.717) is 18.0 Å². The lowest BCUT2D eigenvalue weighted by Crippen LogP contribution is -2.42. The van der Waals surface area contributed by atoms with Crippen molar-refractivity contribution in [1.82, 2.24) is 14.9 Å². The zero-order valence-electron chi connectivity index (χ0n) is 17.2. The third-order valence-corrected chi connectivity index (χ3v) is 6.51. The number of benzene rings is 1. The zero-order chi connectivity index (χ0) is 20.9. The standard InChI is InChI=1S/C23H25N3O3S/c1-28-20-11-24-12-21(29-2)22(20)19-10-6-9-18(14-27)26(19)13-17-15-30-23(25-17)16-7-4-3-5-8-16/h3-5,7-8,11-12,14-15,18-19H,6,9-10,13H2,1-2H3. The van der Waals surface area contributed by atoms with Gasteiger partial charge in [-0.2, -0.15) is 0 Å². The van der Waals surface area contributed by atoms with Crippen LogP contribution in [0.3, 0.4) is 0 Å². The number of carbonyl (C=O) groups excluding carboxylic acids is 1. The van der Waals surface area contributed by atoms with Gasteiger partial charge in [0.05, 0.1) is 43.9 Å². The molecule has 30 heavy (non-hydrogen) atoms. The number of pyridine rings is 1. The highest BCUT2D eigenvalue weighted by Gasteiger charge is 2.35. The van der Waals surface area contributed by atoms with Gasteiger partial charge in [-0.3, -0.25) is 9.88 Å². The van der Waals surface area contributed by atoms with Crippen LogP contribution in [0.5, 0.6) is 11.5 Å². The summed E-state index contributed by atoms with van der Waals surface area (Å²) in [4.78, 5) is 23.2. The number of carbonyl (C=O) groups is 1. The fraction of sp³-hybridized carbons (Fsp3) is 0.348. The van der Waals surface area contributed by atoms with Crippen LogP contribution in [0.2, 0.25) is 0 Å². The molecule has 2 atom stereocenters. The zero-order valence-corrected chi connectivity index (χ0v) is 18.0. The average Bonchev–Trinajstić information content (AvgIpc) is 3.28. The average molecular weight is 424 g/mol. The number of piperidine rings is 1. The number of likely N-dealkylation sites (tertiary alicyclic amines) is 1.